The van der Waals surface area contributed by atoms with E-state index in [9.17, 15) is 24.0 Å². The van der Waals surface area contributed by atoms with E-state index in [1.165, 1.54) is 189 Å². The fourth-order valence-corrected chi connectivity index (χ4v) is 9.38. The Hall–Kier alpha value is -6.98. The lowest BCUT2D eigenvalue weighted by atomic mass is 10.1. The quantitative estimate of drug-likeness (QED) is 0.0211. The number of fused-ring (bicyclic) bond motifs is 1. The molecule has 0 N–H and O–H groups in total. The third-order valence-corrected chi connectivity index (χ3v) is 14.2. The largest absolute Gasteiger partial charge is 0.494 e. The van der Waals surface area contributed by atoms with E-state index >= 15 is 0 Å². The number of benzene rings is 6. The minimum atomic E-state index is -0.698. The third kappa shape index (κ3) is 21.6. The summed E-state index contributed by atoms with van der Waals surface area (Å²) in [5.41, 5.74) is 1.31. The summed E-state index contributed by atoms with van der Waals surface area (Å²) in [5.74, 6) is -1.55. The number of rotatable bonds is 36. The molecule has 0 heterocycles. The number of halogens is 1. The summed E-state index contributed by atoms with van der Waals surface area (Å²) in [7, 11) is 0. The van der Waals surface area contributed by atoms with Crippen molar-refractivity contribution >= 4 is 52.2 Å². The lowest BCUT2D eigenvalue weighted by Crippen LogP contribution is -2.11. The summed E-state index contributed by atoms with van der Waals surface area (Å²) in [6.07, 6.45) is 30.1. The van der Waals surface area contributed by atoms with Gasteiger partial charge >= 0.3 is 29.8 Å². The molecule has 0 radical (unpaired) electrons. The monoisotopic (exact) mass is 1090 g/mol. The van der Waals surface area contributed by atoms with Gasteiger partial charge in [0, 0.05) is 5.39 Å². The van der Waals surface area contributed by atoms with E-state index < -0.39 is 29.8 Å². The van der Waals surface area contributed by atoms with Crippen molar-refractivity contribution in [2.45, 2.75) is 168 Å². The maximum Gasteiger partial charge on any atom is 0.343 e. The molecule has 0 atom stereocenters. The molecule has 12 heteroatoms. The van der Waals surface area contributed by atoms with E-state index in [1.807, 2.05) is 0 Å². The van der Waals surface area contributed by atoms with Crippen LogP contribution in [0.25, 0.3) is 10.8 Å². The van der Waals surface area contributed by atoms with Gasteiger partial charge in [0.05, 0.1) is 46.1 Å². The van der Waals surface area contributed by atoms with E-state index in [0.717, 1.165) is 32.1 Å². The van der Waals surface area contributed by atoms with Crippen molar-refractivity contribution < 1.29 is 52.4 Å². The number of hydrogen-bond donors (Lipinski definition) is 0. The average molecular weight is 1100 g/mol. The van der Waals surface area contributed by atoms with Crippen molar-refractivity contribution in [2.24, 2.45) is 0 Å². The molecular formula is C67H79ClO11. The Kier molecular flexibility index (Phi) is 27.0. The van der Waals surface area contributed by atoms with Crippen molar-refractivity contribution in [3.63, 3.8) is 0 Å². The molecule has 0 aliphatic carbocycles. The topological polar surface area (TPSA) is 141 Å². The van der Waals surface area contributed by atoms with Crippen LogP contribution >= 0.6 is 11.6 Å². The summed E-state index contributed by atoms with van der Waals surface area (Å²) in [4.78, 5) is 65.0. The molecule has 6 aromatic carbocycles. The Bertz CT molecular complexity index is 2810. The van der Waals surface area contributed by atoms with E-state index in [4.69, 9.17) is 40.0 Å². The average Bonchev–Trinajstić information content (AvgIpc) is 3.51. The molecule has 79 heavy (non-hydrogen) atoms. The van der Waals surface area contributed by atoms with Gasteiger partial charge < -0.3 is 28.4 Å². The van der Waals surface area contributed by atoms with Crippen LogP contribution < -0.4 is 23.7 Å². The van der Waals surface area contributed by atoms with Gasteiger partial charge in [-0.3, -0.25) is 0 Å². The van der Waals surface area contributed by atoms with Crippen LogP contribution in [-0.2, 0) is 4.74 Å². The van der Waals surface area contributed by atoms with E-state index in [0.29, 0.717) is 40.9 Å². The Morgan fingerprint density at radius 3 is 1.06 bits per heavy atom. The summed E-state index contributed by atoms with van der Waals surface area (Å²) in [5, 5.41) is 1.24. The fourth-order valence-electron chi connectivity index (χ4n) is 9.11. The van der Waals surface area contributed by atoms with Gasteiger partial charge in [0.15, 0.2) is 0 Å². The first-order valence-corrected chi connectivity index (χ1v) is 29.3. The van der Waals surface area contributed by atoms with Gasteiger partial charge in [-0.15, -0.1) is 0 Å². The van der Waals surface area contributed by atoms with Crippen LogP contribution in [0.2, 0.25) is 5.02 Å². The van der Waals surface area contributed by atoms with Crippen molar-refractivity contribution in [3.05, 3.63) is 160 Å². The molecule has 0 bridgehead atoms. The zero-order valence-corrected chi connectivity index (χ0v) is 47.1. The molecule has 11 nitrogen and oxygen atoms in total. The van der Waals surface area contributed by atoms with Gasteiger partial charge in [-0.25, -0.2) is 24.0 Å². The van der Waals surface area contributed by atoms with Crippen molar-refractivity contribution in [3.8, 4) is 28.7 Å². The Labute approximate surface area is 472 Å². The number of unbranched alkanes of at least 4 members (excludes halogenated alkanes) is 22. The first kappa shape index (κ1) is 61.2. The second-order valence-corrected chi connectivity index (χ2v) is 20.6. The predicted molar refractivity (Wildman–Crippen MR) is 312 cm³/mol. The molecule has 0 spiro atoms. The highest BCUT2D eigenvalue weighted by molar-refractivity contribution is 6.37. The van der Waals surface area contributed by atoms with Crippen LogP contribution in [0.1, 0.15) is 220 Å². The predicted octanol–water partition coefficient (Wildman–Crippen LogP) is 18.3. The van der Waals surface area contributed by atoms with E-state index in [2.05, 4.69) is 13.8 Å². The molecule has 420 valence electrons. The number of ether oxygens (including phenoxy) is 6. The highest BCUT2D eigenvalue weighted by Crippen LogP contribution is 2.35. The van der Waals surface area contributed by atoms with Crippen LogP contribution in [0.5, 0.6) is 28.7 Å². The van der Waals surface area contributed by atoms with Gasteiger partial charge in [0.2, 0.25) is 0 Å². The smallest absolute Gasteiger partial charge is 0.343 e. The van der Waals surface area contributed by atoms with E-state index in [-0.39, 0.29) is 44.7 Å². The van der Waals surface area contributed by atoms with Gasteiger partial charge in [0.1, 0.15) is 28.7 Å². The first-order chi connectivity index (χ1) is 38.6. The van der Waals surface area contributed by atoms with Crippen molar-refractivity contribution in [1.29, 1.82) is 0 Å². The second-order valence-electron chi connectivity index (χ2n) is 20.2. The van der Waals surface area contributed by atoms with Crippen LogP contribution in [0.15, 0.2) is 127 Å². The molecule has 0 aliphatic rings. The standard InChI is InChI=1S/C67H79ClO11/c1-3-5-7-9-11-13-15-17-19-21-23-25-47-74-56-38-29-52(30-39-56)64(70)77-58-44-35-54(36-45-58)66(72)79-61-46-37-50-27-28-55(49-60(50)62(61)68)67(73)78-59-42-33-53(34-43-59)65(71)76-57-40-31-51(32-41-57)63(69)75-48-26-24-22-20-18-16-14-12-10-8-6-4-2/h27-46,49H,3-26,47-48H2,1-2H3. The lowest BCUT2D eigenvalue weighted by Gasteiger charge is -2.11. The minimum Gasteiger partial charge on any atom is -0.494 e. The van der Waals surface area contributed by atoms with Gasteiger partial charge in [-0.1, -0.05) is 179 Å². The SMILES string of the molecule is CCCCCCCCCCCCCCOC(=O)c1ccc(OC(=O)c2ccc(OC(=O)c3ccc4ccc(OC(=O)c5ccc(OC(=O)c6ccc(OCCCCCCCCCCCCCC)cc6)cc5)c(Cl)c4c3)cc2)cc1. The van der Waals surface area contributed by atoms with Gasteiger partial charge in [-0.05, 0) is 133 Å². The van der Waals surface area contributed by atoms with Crippen LogP contribution in [0.3, 0.4) is 0 Å². The number of carbonyl (C=O) groups excluding carboxylic acids is 5. The summed E-state index contributed by atoms with van der Waals surface area (Å²) >= 11 is 6.76. The molecule has 0 unspecified atom stereocenters. The maximum atomic E-state index is 13.3. The van der Waals surface area contributed by atoms with Crippen LogP contribution in [0.4, 0.5) is 0 Å². The summed E-state index contributed by atoms with van der Waals surface area (Å²) in [6.45, 7) is 5.49. The maximum absolute atomic E-state index is 13.3. The van der Waals surface area contributed by atoms with Crippen molar-refractivity contribution in [1.82, 2.24) is 0 Å². The van der Waals surface area contributed by atoms with Gasteiger partial charge in [0.25, 0.3) is 0 Å². The second kappa shape index (κ2) is 34.8. The normalized spacial score (nSPS) is 11.0. The Morgan fingerprint density at radius 1 is 0.329 bits per heavy atom. The summed E-state index contributed by atoms with van der Waals surface area (Å²) in [6, 6.07) is 33.0. The molecule has 0 aliphatic heterocycles. The Balaban J connectivity index is 0.884. The lowest BCUT2D eigenvalue weighted by molar-refractivity contribution is 0.0496. The zero-order valence-electron chi connectivity index (χ0n) is 46.4. The molecule has 0 amide bonds. The first-order valence-electron chi connectivity index (χ1n) is 28.9. The fraction of sp³-hybridized carbons (Fsp3) is 0.418. The third-order valence-electron chi connectivity index (χ3n) is 13.8. The Morgan fingerprint density at radius 2 is 0.646 bits per heavy atom. The molecule has 0 saturated heterocycles. The summed E-state index contributed by atoms with van der Waals surface area (Å²) < 4.78 is 33.7. The molecule has 6 aromatic rings. The molecular weight excluding hydrogens is 1020 g/mol. The molecule has 0 fully saturated rings. The van der Waals surface area contributed by atoms with Crippen LogP contribution in [-0.4, -0.2) is 43.1 Å². The minimum absolute atomic E-state index is 0.0721. The molecule has 0 saturated carbocycles. The van der Waals surface area contributed by atoms with Crippen LogP contribution in [0, 0.1) is 0 Å². The highest BCUT2D eigenvalue weighted by atomic mass is 35.5. The van der Waals surface area contributed by atoms with E-state index in [1.54, 1.807) is 60.7 Å². The molecule has 0 aromatic heterocycles. The van der Waals surface area contributed by atoms with Crippen molar-refractivity contribution in [2.75, 3.05) is 13.2 Å². The number of hydrogen-bond acceptors (Lipinski definition) is 11. The van der Waals surface area contributed by atoms with Gasteiger partial charge in [-0.2, -0.15) is 0 Å². The zero-order chi connectivity index (χ0) is 55.9. The number of carbonyl (C=O) groups is 5. The highest BCUT2D eigenvalue weighted by Gasteiger charge is 2.18. The molecule has 6 rings (SSSR count). The number of esters is 5.